The first-order valence-electron chi connectivity index (χ1n) is 14.0. The van der Waals surface area contributed by atoms with Gasteiger partial charge in [0.1, 0.15) is 11.2 Å². The predicted molar refractivity (Wildman–Crippen MR) is 172 cm³/mol. The maximum Gasteiger partial charge on any atom is 0.143 e. The molecule has 0 fully saturated rings. The maximum atomic E-state index is 6.31. The van der Waals surface area contributed by atoms with Crippen molar-refractivity contribution < 1.29 is 4.42 Å². The first-order chi connectivity index (χ1) is 20.3. The molecule has 0 atom stereocenters. The van der Waals surface area contributed by atoms with Gasteiger partial charge in [0, 0.05) is 28.1 Å². The van der Waals surface area contributed by atoms with Gasteiger partial charge >= 0.3 is 0 Å². The zero-order chi connectivity index (χ0) is 26.9. The summed E-state index contributed by atoms with van der Waals surface area (Å²) in [5, 5.41) is 9.94. The molecule has 7 aromatic carbocycles. The van der Waals surface area contributed by atoms with Crippen LogP contribution in [0.3, 0.4) is 0 Å². The third-order valence-electron chi connectivity index (χ3n) is 8.52. The van der Waals surface area contributed by atoms with Crippen LogP contribution in [0.15, 0.2) is 144 Å². The molecule has 0 aliphatic rings. The molecule has 0 bridgehead atoms. The molecule has 41 heavy (non-hydrogen) atoms. The fraction of sp³-hybridized carbons (Fsp3) is 0. The normalized spacial score (nSPS) is 11.9. The van der Waals surface area contributed by atoms with E-state index in [1.54, 1.807) is 0 Å². The Balaban J connectivity index is 1.21. The summed E-state index contributed by atoms with van der Waals surface area (Å²) in [6.45, 7) is 0. The molecule has 2 heteroatoms. The van der Waals surface area contributed by atoms with Crippen LogP contribution in [0.5, 0.6) is 0 Å². The summed E-state index contributed by atoms with van der Waals surface area (Å²) in [6.07, 6.45) is 1.86. The molecule has 0 radical (unpaired) electrons. The van der Waals surface area contributed by atoms with Crippen LogP contribution in [-0.2, 0) is 0 Å². The SMILES string of the molecule is c1ccc(-c2ccc3ccc4c(-c5ccc(-c6cccc7c6oc6ccccc67)cc5)ccc5ccc2c3c54)nc1. The molecule has 0 saturated carbocycles. The van der Waals surface area contributed by atoms with E-state index in [9.17, 15) is 0 Å². The van der Waals surface area contributed by atoms with Crippen LogP contribution in [0.1, 0.15) is 0 Å². The van der Waals surface area contributed by atoms with Crippen molar-refractivity contribution >= 4 is 54.3 Å². The molecule has 0 aliphatic heterocycles. The lowest BCUT2D eigenvalue weighted by Gasteiger charge is -2.16. The topological polar surface area (TPSA) is 26.0 Å². The number of aromatic nitrogens is 1. The first kappa shape index (κ1) is 22.4. The lowest BCUT2D eigenvalue weighted by atomic mass is 9.87. The van der Waals surface area contributed by atoms with Crippen molar-refractivity contribution in [2.75, 3.05) is 0 Å². The molecule has 0 aliphatic carbocycles. The predicted octanol–water partition coefficient (Wildman–Crippen LogP) is 10.9. The minimum atomic E-state index is 0.923. The highest BCUT2D eigenvalue weighted by Crippen LogP contribution is 2.42. The molecule has 0 unspecified atom stereocenters. The highest BCUT2D eigenvalue weighted by Gasteiger charge is 2.16. The molecule has 0 amide bonds. The molecular formula is C39H23NO. The molecule has 190 valence electrons. The van der Waals surface area contributed by atoms with E-state index < -0.39 is 0 Å². The third kappa shape index (κ3) is 3.28. The number of furan rings is 1. The summed E-state index contributed by atoms with van der Waals surface area (Å²) in [6, 6.07) is 47.7. The molecule has 9 aromatic rings. The van der Waals surface area contributed by atoms with E-state index in [1.165, 1.54) is 49.0 Å². The number of hydrogen-bond acceptors (Lipinski definition) is 2. The van der Waals surface area contributed by atoms with Crippen LogP contribution in [0.2, 0.25) is 0 Å². The zero-order valence-corrected chi connectivity index (χ0v) is 22.1. The Kier molecular flexibility index (Phi) is 4.64. The quantitative estimate of drug-likeness (QED) is 0.216. The third-order valence-corrected chi connectivity index (χ3v) is 8.52. The smallest absolute Gasteiger partial charge is 0.143 e. The zero-order valence-electron chi connectivity index (χ0n) is 22.1. The second-order valence-electron chi connectivity index (χ2n) is 10.7. The van der Waals surface area contributed by atoms with Gasteiger partial charge in [-0.15, -0.1) is 0 Å². The monoisotopic (exact) mass is 521 g/mol. The van der Waals surface area contributed by atoms with Gasteiger partial charge in [-0.3, -0.25) is 4.98 Å². The Bertz CT molecular complexity index is 2400. The van der Waals surface area contributed by atoms with Gasteiger partial charge in [-0.2, -0.15) is 0 Å². The number of pyridine rings is 1. The molecule has 2 aromatic heterocycles. The van der Waals surface area contributed by atoms with Crippen LogP contribution >= 0.6 is 0 Å². The number of hydrogen-bond donors (Lipinski definition) is 0. The maximum absolute atomic E-state index is 6.31. The van der Waals surface area contributed by atoms with E-state index in [0.717, 1.165) is 38.8 Å². The van der Waals surface area contributed by atoms with Crippen LogP contribution in [-0.4, -0.2) is 4.98 Å². The van der Waals surface area contributed by atoms with Crippen LogP contribution < -0.4 is 0 Å². The van der Waals surface area contributed by atoms with Gasteiger partial charge in [0.2, 0.25) is 0 Å². The summed E-state index contributed by atoms with van der Waals surface area (Å²) >= 11 is 0. The van der Waals surface area contributed by atoms with E-state index >= 15 is 0 Å². The lowest BCUT2D eigenvalue weighted by Crippen LogP contribution is -1.90. The van der Waals surface area contributed by atoms with Crippen molar-refractivity contribution in [2.45, 2.75) is 0 Å². The van der Waals surface area contributed by atoms with Crippen LogP contribution in [0, 0.1) is 0 Å². The lowest BCUT2D eigenvalue weighted by molar-refractivity contribution is 0.670. The Morgan fingerprint density at radius 3 is 1.80 bits per heavy atom. The van der Waals surface area contributed by atoms with E-state index in [4.69, 9.17) is 4.42 Å². The number of rotatable bonds is 3. The van der Waals surface area contributed by atoms with Gasteiger partial charge in [0.05, 0.1) is 5.69 Å². The molecule has 0 N–H and O–H groups in total. The van der Waals surface area contributed by atoms with Gasteiger partial charge in [-0.25, -0.2) is 0 Å². The van der Waals surface area contributed by atoms with Crippen molar-refractivity contribution in [2.24, 2.45) is 0 Å². The van der Waals surface area contributed by atoms with E-state index in [2.05, 4.69) is 120 Å². The fourth-order valence-corrected chi connectivity index (χ4v) is 6.60. The Labute approximate surface area is 236 Å². The van der Waals surface area contributed by atoms with Crippen molar-refractivity contribution in [3.8, 4) is 33.5 Å². The Hall–Kier alpha value is -5.47. The van der Waals surface area contributed by atoms with E-state index in [1.807, 2.05) is 24.4 Å². The van der Waals surface area contributed by atoms with Gasteiger partial charge in [-0.1, -0.05) is 115 Å². The molecule has 2 nitrogen and oxygen atoms in total. The first-order valence-corrected chi connectivity index (χ1v) is 14.0. The standard InChI is InChI=1S/C39H23NO/c1-2-10-36-31(6-1)34-8-5-7-29(39(34)41-36)25-13-11-24(12-14-25)28-19-15-26-18-22-33-30(35-9-3-4-23-40-35)20-16-27-17-21-32(28)37(26)38(27)33/h1-23H. The summed E-state index contributed by atoms with van der Waals surface area (Å²) in [5.74, 6) is 0. The van der Waals surface area contributed by atoms with Gasteiger partial charge in [-0.05, 0) is 67.2 Å². The molecule has 9 rings (SSSR count). The fourth-order valence-electron chi connectivity index (χ4n) is 6.60. The summed E-state index contributed by atoms with van der Waals surface area (Å²) < 4.78 is 6.31. The number of benzene rings is 7. The molecular weight excluding hydrogens is 498 g/mol. The van der Waals surface area contributed by atoms with Crippen molar-refractivity contribution in [1.82, 2.24) is 4.98 Å². The van der Waals surface area contributed by atoms with E-state index in [0.29, 0.717) is 0 Å². The van der Waals surface area contributed by atoms with Crippen LogP contribution in [0.25, 0.3) is 87.8 Å². The van der Waals surface area contributed by atoms with Crippen molar-refractivity contribution in [1.29, 1.82) is 0 Å². The number of nitrogens with zero attached hydrogens (tertiary/aromatic N) is 1. The molecule has 0 spiro atoms. The second-order valence-corrected chi connectivity index (χ2v) is 10.7. The highest BCUT2D eigenvalue weighted by atomic mass is 16.3. The second kappa shape index (κ2) is 8.51. The van der Waals surface area contributed by atoms with Crippen LogP contribution in [0.4, 0.5) is 0 Å². The molecule has 2 heterocycles. The Morgan fingerprint density at radius 1 is 0.415 bits per heavy atom. The minimum absolute atomic E-state index is 0.923. The summed E-state index contributed by atoms with van der Waals surface area (Å²) in [4.78, 5) is 4.65. The summed E-state index contributed by atoms with van der Waals surface area (Å²) in [7, 11) is 0. The number of fused-ring (bicyclic) bond motifs is 3. The Morgan fingerprint density at radius 2 is 1.05 bits per heavy atom. The minimum Gasteiger partial charge on any atom is -0.455 e. The molecule has 0 saturated heterocycles. The van der Waals surface area contributed by atoms with Crippen molar-refractivity contribution in [3.05, 3.63) is 140 Å². The average molecular weight is 522 g/mol. The van der Waals surface area contributed by atoms with E-state index in [-0.39, 0.29) is 0 Å². The average Bonchev–Trinajstić information content (AvgIpc) is 3.43. The highest BCUT2D eigenvalue weighted by molar-refractivity contribution is 6.27. The van der Waals surface area contributed by atoms with Gasteiger partial charge < -0.3 is 4.42 Å². The largest absolute Gasteiger partial charge is 0.455 e. The summed E-state index contributed by atoms with van der Waals surface area (Å²) in [5.41, 5.74) is 8.73. The number of para-hydroxylation sites is 2. The van der Waals surface area contributed by atoms with Gasteiger partial charge in [0.15, 0.2) is 0 Å². The van der Waals surface area contributed by atoms with Crippen molar-refractivity contribution in [3.63, 3.8) is 0 Å². The van der Waals surface area contributed by atoms with Gasteiger partial charge in [0.25, 0.3) is 0 Å².